The molecule has 0 bridgehead atoms. The highest BCUT2D eigenvalue weighted by atomic mass is 32.2. The van der Waals surface area contributed by atoms with Gasteiger partial charge in [-0.3, -0.25) is 4.79 Å². The van der Waals surface area contributed by atoms with Gasteiger partial charge in [-0.15, -0.1) is 23.1 Å². The van der Waals surface area contributed by atoms with Crippen molar-refractivity contribution >= 4 is 29.0 Å². The highest BCUT2D eigenvalue weighted by Gasteiger charge is 2.13. The maximum atomic E-state index is 11.8. The van der Waals surface area contributed by atoms with Gasteiger partial charge in [-0.1, -0.05) is 6.92 Å². The molecule has 1 atom stereocenters. The molecule has 1 aromatic carbocycles. The molecule has 1 amide bonds. The van der Waals surface area contributed by atoms with Crippen molar-refractivity contribution in [2.45, 2.75) is 31.3 Å². The van der Waals surface area contributed by atoms with E-state index in [0.717, 1.165) is 40.7 Å². The van der Waals surface area contributed by atoms with E-state index < -0.39 is 0 Å². The Morgan fingerprint density at radius 2 is 2.13 bits per heavy atom. The summed E-state index contributed by atoms with van der Waals surface area (Å²) in [7, 11) is 1.66. The molecule has 1 aromatic heterocycles. The van der Waals surface area contributed by atoms with Crippen molar-refractivity contribution in [1.82, 2.24) is 10.3 Å². The van der Waals surface area contributed by atoms with E-state index in [1.165, 1.54) is 0 Å². The van der Waals surface area contributed by atoms with Crippen LogP contribution in [0.15, 0.2) is 29.6 Å². The number of hydrogen-bond donors (Lipinski definition) is 1. The van der Waals surface area contributed by atoms with Crippen molar-refractivity contribution < 1.29 is 9.53 Å². The molecular weight excluding hydrogens is 328 g/mol. The second-order valence-corrected chi connectivity index (χ2v) is 7.30. The van der Waals surface area contributed by atoms with Gasteiger partial charge in [-0.05, 0) is 37.6 Å². The van der Waals surface area contributed by atoms with Gasteiger partial charge in [0, 0.05) is 23.2 Å². The molecule has 1 heterocycles. The van der Waals surface area contributed by atoms with Crippen LogP contribution in [0.4, 0.5) is 0 Å². The van der Waals surface area contributed by atoms with Gasteiger partial charge in [0.25, 0.3) is 0 Å². The third kappa shape index (κ3) is 5.25. The number of thioether (sulfide) groups is 1. The molecule has 0 saturated carbocycles. The number of nitrogens with zero attached hydrogens (tertiary/aromatic N) is 1. The summed E-state index contributed by atoms with van der Waals surface area (Å²) in [6, 6.07) is 7.89. The van der Waals surface area contributed by atoms with Crippen LogP contribution in [-0.4, -0.2) is 29.8 Å². The summed E-state index contributed by atoms with van der Waals surface area (Å²) in [5.74, 6) is 1.68. The molecule has 124 valence electrons. The molecule has 1 N–H and O–H groups in total. The minimum absolute atomic E-state index is 0.0623. The minimum Gasteiger partial charge on any atom is -0.497 e. The maximum Gasteiger partial charge on any atom is 0.232 e. The Bertz CT molecular complexity index is 626. The molecule has 2 aromatic rings. The molecule has 0 aliphatic rings. The third-order valence-electron chi connectivity index (χ3n) is 3.29. The summed E-state index contributed by atoms with van der Waals surface area (Å²) in [5, 5.41) is 5.91. The van der Waals surface area contributed by atoms with Crippen LogP contribution in [0, 0.1) is 0 Å². The number of rotatable bonds is 8. The van der Waals surface area contributed by atoms with Crippen molar-refractivity contribution in [2.24, 2.45) is 0 Å². The highest BCUT2D eigenvalue weighted by molar-refractivity contribution is 7.99. The van der Waals surface area contributed by atoms with Gasteiger partial charge < -0.3 is 10.1 Å². The fourth-order valence-corrected chi connectivity index (χ4v) is 3.65. The van der Waals surface area contributed by atoms with Crippen LogP contribution in [0.25, 0.3) is 10.6 Å². The SMILES string of the molecule is CCCNC(=O)C(C)SCc1csc(-c2ccc(OC)cc2)n1. The summed E-state index contributed by atoms with van der Waals surface area (Å²) >= 11 is 3.24. The molecule has 2 rings (SSSR count). The van der Waals surface area contributed by atoms with Gasteiger partial charge in [-0.25, -0.2) is 4.98 Å². The van der Waals surface area contributed by atoms with Gasteiger partial charge in [0.1, 0.15) is 10.8 Å². The standard InChI is InChI=1S/C17H22N2O2S2/c1-4-9-18-16(20)12(2)22-10-14-11-23-17(19-14)13-5-7-15(21-3)8-6-13/h5-8,11-12H,4,9-10H2,1-3H3,(H,18,20). The van der Waals surface area contributed by atoms with E-state index in [4.69, 9.17) is 4.74 Å². The fourth-order valence-electron chi connectivity index (χ4n) is 1.92. The number of aromatic nitrogens is 1. The normalized spacial score (nSPS) is 12.0. The number of nitrogens with one attached hydrogen (secondary N) is 1. The molecule has 0 aliphatic heterocycles. The van der Waals surface area contributed by atoms with Crippen LogP contribution in [0.5, 0.6) is 5.75 Å². The van der Waals surface area contributed by atoms with Gasteiger partial charge >= 0.3 is 0 Å². The highest BCUT2D eigenvalue weighted by Crippen LogP contribution is 2.27. The minimum atomic E-state index is -0.0623. The first-order chi connectivity index (χ1) is 11.1. The lowest BCUT2D eigenvalue weighted by Gasteiger charge is -2.10. The Balaban J connectivity index is 1.90. The zero-order chi connectivity index (χ0) is 16.7. The fraction of sp³-hybridized carbons (Fsp3) is 0.412. The molecule has 0 radical (unpaired) electrons. The molecule has 0 fully saturated rings. The number of hydrogen-bond acceptors (Lipinski definition) is 5. The van der Waals surface area contributed by atoms with E-state index in [1.54, 1.807) is 30.2 Å². The quantitative estimate of drug-likeness (QED) is 0.783. The van der Waals surface area contributed by atoms with Crippen LogP contribution in [-0.2, 0) is 10.5 Å². The van der Waals surface area contributed by atoms with E-state index in [1.807, 2.05) is 38.1 Å². The Labute approximate surface area is 145 Å². The summed E-state index contributed by atoms with van der Waals surface area (Å²) < 4.78 is 5.17. The van der Waals surface area contributed by atoms with Gasteiger partial charge in [0.05, 0.1) is 18.1 Å². The Hall–Kier alpha value is -1.53. The van der Waals surface area contributed by atoms with Crippen LogP contribution in [0.2, 0.25) is 0 Å². The smallest absolute Gasteiger partial charge is 0.232 e. The number of benzene rings is 1. The van der Waals surface area contributed by atoms with Crippen LogP contribution in [0.1, 0.15) is 26.0 Å². The second kappa shape index (κ2) is 8.93. The first-order valence-electron chi connectivity index (χ1n) is 7.62. The van der Waals surface area contributed by atoms with E-state index in [0.29, 0.717) is 0 Å². The molecule has 0 spiro atoms. The van der Waals surface area contributed by atoms with Gasteiger partial charge in [0.15, 0.2) is 0 Å². The van der Waals surface area contributed by atoms with Crippen LogP contribution in [0.3, 0.4) is 0 Å². The van der Waals surface area contributed by atoms with Crippen molar-refractivity contribution in [3.63, 3.8) is 0 Å². The molecule has 4 nitrogen and oxygen atoms in total. The summed E-state index contributed by atoms with van der Waals surface area (Å²) in [4.78, 5) is 16.5. The summed E-state index contributed by atoms with van der Waals surface area (Å²) in [6.45, 7) is 4.72. The van der Waals surface area contributed by atoms with Crippen molar-refractivity contribution in [3.8, 4) is 16.3 Å². The first kappa shape index (κ1) is 17.8. The van der Waals surface area contributed by atoms with Gasteiger partial charge in [0.2, 0.25) is 5.91 Å². The van der Waals surface area contributed by atoms with Crippen molar-refractivity contribution in [2.75, 3.05) is 13.7 Å². The van der Waals surface area contributed by atoms with E-state index in [9.17, 15) is 4.79 Å². The summed E-state index contributed by atoms with van der Waals surface area (Å²) in [5.41, 5.74) is 2.10. The maximum absolute atomic E-state index is 11.8. The van der Waals surface area contributed by atoms with Crippen molar-refractivity contribution in [3.05, 3.63) is 35.3 Å². The molecule has 1 unspecified atom stereocenters. The second-order valence-electron chi connectivity index (χ2n) is 5.12. The monoisotopic (exact) mass is 350 g/mol. The van der Waals surface area contributed by atoms with Crippen molar-refractivity contribution in [1.29, 1.82) is 0 Å². The number of ether oxygens (including phenoxy) is 1. The number of carbonyl (C=O) groups excluding carboxylic acids is 1. The average Bonchev–Trinajstić information content (AvgIpc) is 3.06. The van der Waals surface area contributed by atoms with Crippen LogP contribution >= 0.6 is 23.1 Å². The predicted molar refractivity (Wildman–Crippen MR) is 98.2 cm³/mol. The Morgan fingerprint density at radius 3 is 2.78 bits per heavy atom. The zero-order valence-electron chi connectivity index (χ0n) is 13.7. The lowest BCUT2D eigenvalue weighted by atomic mass is 10.2. The predicted octanol–water partition coefficient (Wildman–Crippen LogP) is 3.97. The largest absolute Gasteiger partial charge is 0.497 e. The molecule has 23 heavy (non-hydrogen) atoms. The number of methoxy groups -OCH3 is 1. The Morgan fingerprint density at radius 1 is 1.39 bits per heavy atom. The van der Waals surface area contributed by atoms with E-state index in [2.05, 4.69) is 15.7 Å². The Kier molecular flexibility index (Phi) is 6.92. The van der Waals surface area contributed by atoms with E-state index >= 15 is 0 Å². The third-order valence-corrected chi connectivity index (χ3v) is 5.41. The topological polar surface area (TPSA) is 51.2 Å². The first-order valence-corrected chi connectivity index (χ1v) is 9.55. The number of thiazole rings is 1. The molecular formula is C17H22N2O2S2. The number of amides is 1. The van der Waals surface area contributed by atoms with Crippen LogP contribution < -0.4 is 10.1 Å². The van der Waals surface area contributed by atoms with E-state index in [-0.39, 0.29) is 11.2 Å². The lowest BCUT2D eigenvalue weighted by molar-refractivity contribution is -0.120. The average molecular weight is 351 g/mol. The zero-order valence-corrected chi connectivity index (χ0v) is 15.3. The molecule has 0 aliphatic carbocycles. The van der Waals surface area contributed by atoms with Gasteiger partial charge in [-0.2, -0.15) is 0 Å². The molecule has 6 heteroatoms. The summed E-state index contributed by atoms with van der Waals surface area (Å²) in [6.07, 6.45) is 0.959. The lowest BCUT2D eigenvalue weighted by Crippen LogP contribution is -2.31. The number of carbonyl (C=O) groups is 1. The molecule has 0 saturated heterocycles.